The van der Waals surface area contributed by atoms with E-state index in [4.69, 9.17) is 5.11 Å². The third-order valence-electron chi connectivity index (χ3n) is 3.56. The Bertz CT molecular complexity index is 431. The number of carbonyl (C=O) groups excluding carboxylic acids is 1. The van der Waals surface area contributed by atoms with E-state index in [0.717, 1.165) is 19.3 Å². The maximum atomic E-state index is 11.7. The number of carboxylic acid groups (broad SMARTS) is 1. The summed E-state index contributed by atoms with van der Waals surface area (Å²) >= 11 is 0. The standard InChI is InChI=1S/C17H25NO3/c1-14(15-8-4-2-5-9-15)11-12-16(19)18-13-7-3-6-10-17(20)21/h2,4-5,8-9,14H,3,6-7,10-13H2,1H3,(H,18,19)(H,20,21). The topological polar surface area (TPSA) is 66.4 Å². The molecule has 4 nitrogen and oxygen atoms in total. The molecule has 0 aliphatic heterocycles. The van der Waals surface area contributed by atoms with E-state index in [2.05, 4.69) is 24.4 Å². The van der Waals surface area contributed by atoms with Gasteiger partial charge in [-0.25, -0.2) is 0 Å². The number of benzene rings is 1. The lowest BCUT2D eigenvalue weighted by molar-refractivity contribution is -0.137. The summed E-state index contributed by atoms with van der Waals surface area (Å²) < 4.78 is 0. The lowest BCUT2D eigenvalue weighted by Crippen LogP contribution is -2.24. The Hall–Kier alpha value is -1.84. The van der Waals surface area contributed by atoms with Crippen LogP contribution in [0.1, 0.15) is 56.9 Å². The maximum absolute atomic E-state index is 11.7. The van der Waals surface area contributed by atoms with Gasteiger partial charge < -0.3 is 10.4 Å². The lowest BCUT2D eigenvalue weighted by Gasteiger charge is -2.11. The molecular formula is C17H25NO3. The fourth-order valence-electron chi connectivity index (χ4n) is 2.19. The Balaban J connectivity index is 2.07. The van der Waals surface area contributed by atoms with E-state index in [0.29, 0.717) is 25.3 Å². The van der Waals surface area contributed by atoms with Gasteiger partial charge in [0.15, 0.2) is 0 Å². The van der Waals surface area contributed by atoms with Crippen molar-refractivity contribution in [1.82, 2.24) is 5.32 Å². The van der Waals surface area contributed by atoms with Crippen molar-refractivity contribution in [2.75, 3.05) is 6.54 Å². The molecule has 0 heterocycles. The molecule has 1 aromatic rings. The number of amides is 1. The second-order valence-corrected chi connectivity index (χ2v) is 5.40. The first kappa shape index (κ1) is 17.2. The molecule has 1 atom stereocenters. The highest BCUT2D eigenvalue weighted by Crippen LogP contribution is 2.19. The van der Waals surface area contributed by atoms with Crippen molar-refractivity contribution < 1.29 is 14.7 Å². The van der Waals surface area contributed by atoms with Crippen LogP contribution in [-0.4, -0.2) is 23.5 Å². The molecule has 21 heavy (non-hydrogen) atoms. The third kappa shape index (κ3) is 8.12. The zero-order valence-corrected chi connectivity index (χ0v) is 12.7. The quantitative estimate of drug-likeness (QED) is 0.650. The summed E-state index contributed by atoms with van der Waals surface area (Å²) in [6.07, 6.45) is 3.94. The van der Waals surface area contributed by atoms with Gasteiger partial charge in [-0.2, -0.15) is 0 Å². The Kier molecular flexibility index (Phi) is 8.17. The number of carbonyl (C=O) groups is 2. The number of nitrogens with one attached hydrogen (secondary N) is 1. The van der Waals surface area contributed by atoms with Crippen molar-refractivity contribution in [2.45, 2.75) is 51.4 Å². The van der Waals surface area contributed by atoms with Crippen molar-refractivity contribution in [3.63, 3.8) is 0 Å². The Morgan fingerprint density at radius 2 is 1.81 bits per heavy atom. The van der Waals surface area contributed by atoms with Crippen LogP contribution in [0.15, 0.2) is 30.3 Å². The van der Waals surface area contributed by atoms with Gasteiger partial charge in [0.2, 0.25) is 5.91 Å². The summed E-state index contributed by atoms with van der Waals surface area (Å²) in [5.74, 6) is -0.294. The molecule has 0 spiro atoms. The van der Waals surface area contributed by atoms with Gasteiger partial charge in [-0.15, -0.1) is 0 Å². The van der Waals surface area contributed by atoms with Crippen LogP contribution in [0.25, 0.3) is 0 Å². The number of unbranched alkanes of at least 4 members (excludes halogenated alkanes) is 2. The molecule has 0 fully saturated rings. The number of hydrogen-bond donors (Lipinski definition) is 2. The van der Waals surface area contributed by atoms with Crippen molar-refractivity contribution >= 4 is 11.9 Å². The van der Waals surface area contributed by atoms with E-state index < -0.39 is 5.97 Å². The van der Waals surface area contributed by atoms with E-state index in [1.165, 1.54) is 5.56 Å². The summed E-state index contributed by atoms with van der Waals surface area (Å²) in [6.45, 7) is 2.77. The Morgan fingerprint density at radius 3 is 2.48 bits per heavy atom. The summed E-state index contributed by atoms with van der Waals surface area (Å²) in [5.41, 5.74) is 1.26. The largest absolute Gasteiger partial charge is 0.481 e. The van der Waals surface area contributed by atoms with Crippen molar-refractivity contribution in [2.24, 2.45) is 0 Å². The van der Waals surface area contributed by atoms with E-state index in [-0.39, 0.29) is 12.3 Å². The van der Waals surface area contributed by atoms with Gasteiger partial charge in [0.25, 0.3) is 0 Å². The molecule has 1 amide bonds. The highest BCUT2D eigenvalue weighted by atomic mass is 16.4. The molecule has 0 radical (unpaired) electrons. The highest BCUT2D eigenvalue weighted by molar-refractivity contribution is 5.75. The molecule has 0 saturated carbocycles. The van der Waals surface area contributed by atoms with Gasteiger partial charge in [0.1, 0.15) is 0 Å². The van der Waals surface area contributed by atoms with Gasteiger partial charge in [-0.1, -0.05) is 43.7 Å². The molecule has 0 aliphatic carbocycles. The molecule has 0 bridgehead atoms. The first-order valence-corrected chi connectivity index (χ1v) is 7.63. The predicted octanol–water partition coefficient (Wildman–Crippen LogP) is 3.33. The van der Waals surface area contributed by atoms with Crippen molar-refractivity contribution in [3.05, 3.63) is 35.9 Å². The van der Waals surface area contributed by atoms with Gasteiger partial charge in [0, 0.05) is 19.4 Å². The van der Waals surface area contributed by atoms with Crippen LogP contribution in [0.3, 0.4) is 0 Å². The molecule has 4 heteroatoms. The van der Waals surface area contributed by atoms with Gasteiger partial charge >= 0.3 is 5.97 Å². The highest BCUT2D eigenvalue weighted by Gasteiger charge is 2.08. The molecule has 2 N–H and O–H groups in total. The first-order chi connectivity index (χ1) is 10.1. The number of hydrogen-bond acceptors (Lipinski definition) is 2. The predicted molar refractivity (Wildman–Crippen MR) is 83.2 cm³/mol. The van der Waals surface area contributed by atoms with Crippen LogP contribution in [-0.2, 0) is 9.59 Å². The lowest BCUT2D eigenvalue weighted by atomic mass is 9.96. The summed E-state index contributed by atoms with van der Waals surface area (Å²) in [6, 6.07) is 10.2. The molecule has 116 valence electrons. The van der Waals surface area contributed by atoms with Crippen LogP contribution in [0.5, 0.6) is 0 Å². The maximum Gasteiger partial charge on any atom is 0.303 e. The molecule has 0 aromatic heterocycles. The second-order valence-electron chi connectivity index (χ2n) is 5.40. The first-order valence-electron chi connectivity index (χ1n) is 7.63. The zero-order valence-electron chi connectivity index (χ0n) is 12.7. The fourth-order valence-corrected chi connectivity index (χ4v) is 2.19. The Labute approximate surface area is 126 Å². The average molecular weight is 291 g/mol. The van der Waals surface area contributed by atoms with Gasteiger partial charge in [-0.3, -0.25) is 9.59 Å². The van der Waals surface area contributed by atoms with Crippen LogP contribution >= 0.6 is 0 Å². The van der Waals surface area contributed by atoms with E-state index >= 15 is 0 Å². The minimum absolute atomic E-state index is 0.0796. The van der Waals surface area contributed by atoms with E-state index in [1.807, 2.05) is 18.2 Å². The minimum atomic E-state index is -0.756. The normalized spacial score (nSPS) is 11.9. The van der Waals surface area contributed by atoms with E-state index in [1.54, 1.807) is 0 Å². The number of carboxylic acids is 1. The Morgan fingerprint density at radius 1 is 1.10 bits per heavy atom. The number of rotatable bonds is 10. The summed E-state index contributed by atoms with van der Waals surface area (Å²) in [5, 5.41) is 11.4. The second kappa shape index (κ2) is 9.97. The van der Waals surface area contributed by atoms with Crippen LogP contribution in [0, 0.1) is 0 Å². The zero-order chi connectivity index (χ0) is 15.5. The summed E-state index contributed by atoms with van der Waals surface area (Å²) in [4.78, 5) is 22.1. The van der Waals surface area contributed by atoms with Crippen LogP contribution < -0.4 is 5.32 Å². The van der Waals surface area contributed by atoms with E-state index in [9.17, 15) is 9.59 Å². The molecule has 1 unspecified atom stereocenters. The number of aliphatic carboxylic acids is 1. The van der Waals surface area contributed by atoms with Crippen LogP contribution in [0.4, 0.5) is 0 Å². The molecule has 0 aliphatic rings. The molecule has 0 saturated heterocycles. The molecule has 1 rings (SSSR count). The smallest absolute Gasteiger partial charge is 0.303 e. The minimum Gasteiger partial charge on any atom is -0.481 e. The molecular weight excluding hydrogens is 266 g/mol. The average Bonchev–Trinajstić information content (AvgIpc) is 2.49. The molecule has 1 aromatic carbocycles. The monoisotopic (exact) mass is 291 g/mol. The van der Waals surface area contributed by atoms with Crippen molar-refractivity contribution in [3.8, 4) is 0 Å². The van der Waals surface area contributed by atoms with Crippen molar-refractivity contribution in [1.29, 1.82) is 0 Å². The SMILES string of the molecule is CC(CCC(=O)NCCCCCC(=O)O)c1ccccc1. The third-order valence-corrected chi connectivity index (χ3v) is 3.56. The fraction of sp³-hybridized carbons (Fsp3) is 0.529. The van der Waals surface area contributed by atoms with Gasteiger partial charge in [0.05, 0.1) is 0 Å². The van der Waals surface area contributed by atoms with Crippen LogP contribution in [0.2, 0.25) is 0 Å². The van der Waals surface area contributed by atoms with Gasteiger partial charge in [-0.05, 0) is 30.7 Å². The summed E-state index contributed by atoms with van der Waals surface area (Å²) in [7, 11) is 0.